The van der Waals surface area contributed by atoms with Crippen LogP contribution in [0.25, 0.3) is 0 Å². The van der Waals surface area contributed by atoms with Gasteiger partial charge < -0.3 is 10.1 Å². The van der Waals surface area contributed by atoms with Crippen LogP contribution in [-0.2, 0) is 4.79 Å². The van der Waals surface area contributed by atoms with Gasteiger partial charge in [0.25, 0.3) is 0 Å². The van der Waals surface area contributed by atoms with Crippen LogP contribution in [0.4, 0.5) is 0 Å². The number of hydrogen-bond donors (Lipinski definition) is 1. The van der Waals surface area contributed by atoms with Crippen molar-refractivity contribution >= 4 is 5.97 Å². The van der Waals surface area contributed by atoms with Crippen molar-refractivity contribution in [2.45, 2.75) is 26.2 Å². The Balaban J connectivity index is 1.82. The summed E-state index contributed by atoms with van der Waals surface area (Å²) in [5.74, 6) is 0.508. The number of aryl methyl sites for hydroxylation is 1. The van der Waals surface area contributed by atoms with Crippen molar-refractivity contribution in [3.63, 3.8) is 0 Å². The second-order valence-corrected chi connectivity index (χ2v) is 4.57. The zero-order valence-corrected chi connectivity index (χ0v) is 10.7. The summed E-state index contributed by atoms with van der Waals surface area (Å²) in [6, 6.07) is 7.58. The first-order chi connectivity index (χ1) is 8.75. The van der Waals surface area contributed by atoms with E-state index in [-0.39, 0.29) is 5.97 Å². The molecule has 0 saturated carbocycles. The standard InChI is InChI=1S/C15H19NO2/c1-12-5-2-3-7-14(12)18-15(17)9-8-13-6-4-10-16-11-13/h2-3,5-7,16H,4,8-11H2,1H3. The lowest BCUT2D eigenvalue weighted by Crippen LogP contribution is -2.22. The van der Waals surface area contributed by atoms with E-state index < -0.39 is 0 Å². The van der Waals surface area contributed by atoms with E-state index in [9.17, 15) is 4.79 Å². The van der Waals surface area contributed by atoms with E-state index in [1.807, 2.05) is 31.2 Å². The van der Waals surface area contributed by atoms with Gasteiger partial charge >= 0.3 is 5.97 Å². The van der Waals surface area contributed by atoms with E-state index in [1.165, 1.54) is 5.57 Å². The Hall–Kier alpha value is -1.61. The summed E-state index contributed by atoms with van der Waals surface area (Å²) in [7, 11) is 0. The third-order valence-electron chi connectivity index (χ3n) is 3.07. The third-order valence-corrected chi connectivity index (χ3v) is 3.07. The fraction of sp³-hybridized carbons (Fsp3) is 0.400. The second-order valence-electron chi connectivity index (χ2n) is 4.57. The van der Waals surface area contributed by atoms with Crippen LogP contribution in [0.15, 0.2) is 35.9 Å². The summed E-state index contributed by atoms with van der Waals surface area (Å²) in [6.07, 6.45) is 4.51. The predicted molar refractivity (Wildman–Crippen MR) is 71.6 cm³/mol. The van der Waals surface area contributed by atoms with Crippen LogP contribution < -0.4 is 10.1 Å². The average Bonchev–Trinajstić information content (AvgIpc) is 2.40. The number of carbonyl (C=O) groups excluding carboxylic acids is 1. The smallest absolute Gasteiger partial charge is 0.311 e. The van der Waals surface area contributed by atoms with E-state index >= 15 is 0 Å². The first-order valence-electron chi connectivity index (χ1n) is 6.40. The van der Waals surface area contributed by atoms with Gasteiger partial charge in [-0.05, 0) is 37.9 Å². The topological polar surface area (TPSA) is 38.3 Å². The number of hydrogen-bond acceptors (Lipinski definition) is 3. The first kappa shape index (κ1) is 12.8. The van der Waals surface area contributed by atoms with Crippen LogP contribution in [0.2, 0.25) is 0 Å². The molecule has 1 aliphatic heterocycles. The second kappa shape index (κ2) is 6.36. The highest BCUT2D eigenvalue weighted by Gasteiger charge is 2.09. The minimum atomic E-state index is -0.157. The van der Waals surface area contributed by atoms with Crippen molar-refractivity contribution in [1.29, 1.82) is 0 Å². The number of para-hydroxylation sites is 1. The number of ether oxygens (including phenoxy) is 1. The number of esters is 1. The zero-order chi connectivity index (χ0) is 12.8. The molecule has 0 aliphatic carbocycles. The summed E-state index contributed by atoms with van der Waals surface area (Å²) >= 11 is 0. The highest BCUT2D eigenvalue weighted by molar-refractivity contribution is 5.73. The van der Waals surface area contributed by atoms with Gasteiger partial charge in [-0.1, -0.05) is 29.8 Å². The van der Waals surface area contributed by atoms with Gasteiger partial charge in [-0.25, -0.2) is 0 Å². The van der Waals surface area contributed by atoms with Crippen LogP contribution in [0.3, 0.4) is 0 Å². The maximum Gasteiger partial charge on any atom is 0.311 e. The van der Waals surface area contributed by atoms with Gasteiger partial charge in [0, 0.05) is 13.0 Å². The van der Waals surface area contributed by atoms with Gasteiger partial charge in [0.15, 0.2) is 0 Å². The molecule has 3 heteroatoms. The predicted octanol–water partition coefficient (Wildman–Crippen LogP) is 2.60. The number of benzene rings is 1. The van der Waals surface area contributed by atoms with Crippen molar-refractivity contribution in [2.24, 2.45) is 0 Å². The van der Waals surface area contributed by atoms with Crippen LogP contribution in [-0.4, -0.2) is 19.1 Å². The van der Waals surface area contributed by atoms with Crippen molar-refractivity contribution in [2.75, 3.05) is 13.1 Å². The van der Waals surface area contributed by atoms with E-state index in [2.05, 4.69) is 11.4 Å². The molecular formula is C15H19NO2. The van der Waals surface area contributed by atoms with Crippen molar-refractivity contribution in [3.8, 4) is 5.75 Å². The molecule has 3 nitrogen and oxygen atoms in total. The van der Waals surface area contributed by atoms with Gasteiger partial charge in [0.2, 0.25) is 0 Å². The average molecular weight is 245 g/mol. The minimum absolute atomic E-state index is 0.157. The van der Waals surface area contributed by atoms with E-state index in [0.717, 1.165) is 31.5 Å². The summed E-state index contributed by atoms with van der Waals surface area (Å²) < 4.78 is 5.35. The normalized spacial score (nSPS) is 15.1. The van der Waals surface area contributed by atoms with Gasteiger partial charge in [0.1, 0.15) is 5.75 Å². The SMILES string of the molecule is Cc1ccccc1OC(=O)CCC1=CCCNC1. The highest BCUT2D eigenvalue weighted by atomic mass is 16.5. The molecule has 0 radical (unpaired) electrons. The van der Waals surface area contributed by atoms with Crippen molar-refractivity contribution in [3.05, 3.63) is 41.5 Å². The molecule has 1 N–H and O–H groups in total. The third kappa shape index (κ3) is 3.70. The van der Waals surface area contributed by atoms with Gasteiger partial charge in [0.05, 0.1) is 0 Å². The van der Waals surface area contributed by atoms with Gasteiger partial charge in [-0.3, -0.25) is 4.79 Å². The molecule has 0 spiro atoms. The monoisotopic (exact) mass is 245 g/mol. The molecule has 0 atom stereocenters. The van der Waals surface area contributed by atoms with Crippen LogP contribution >= 0.6 is 0 Å². The quantitative estimate of drug-likeness (QED) is 0.503. The highest BCUT2D eigenvalue weighted by Crippen LogP contribution is 2.17. The maximum absolute atomic E-state index is 11.7. The summed E-state index contributed by atoms with van der Waals surface area (Å²) in [4.78, 5) is 11.7. The molecule has 18 heavy (non-hydrogen) atoms. The molecule has 0 unspecified atom stereocenters. The molecule has 1 aromatic rings. The Kier molecular flexibility index (Phi) is 4.53. The lowest BCUT2D eigenvalue weighted by molar-refractivity contribution is -0.134. The number of rotatable bonds is 4. The van der Waals surface area contributed by atoms with Gasteiger partial charge in [-0.15, -0.1) is 0 Å². The van der Waals surface area contributed by atoms with Crippen molar-refractivity contribution in [1.82, 2.24) is 5.32 Å². The van der Waals surface area contributed by atoms with E-state index in [4.69, 9.17) is 4.74 Å². The summed E-state index contributed by atoms with van der Waals surface area (Å²) in [5, 5.41) is 3.30. The molecule has 2 rings (SSSR count). The van der Waals surface area contributed by atoms with Crippen LogP contribution in [0, 0.1) is 6.92 Å². The summed E-state index contributed by atoms with van der Waals surface area (Å²) in [6.45, 7) is 3.88. The molecular weight excluding hydrogens is 226 g/mol. The Bertz CT molecular complexity index is 452. The lowest BCUT2D eigenvalue weighted by Gasteiger charge is -2.13. The summed E-state index contributed by atoms with van der Waals surface area (Å²) in [5.41, 5.74) is 2.30. The Morgan fingerprint density at radius 2 is 2.22 bits per heavy atom. The lowest BCUT2D eigenvalue weighted by atomic mass is 10.1. The number of carbonyl (C=O) groups is 1. The Morgan fingerprint density at radius 3 is 2.94 bits per heavy atom. The van der Waals surface area contributed by atoms with Crippen LogP contribution in [0.1, 0.15) is 24.8 Å². The van der Waals surface area contributed by atoms with Gasteiger partial charge in [-0.2, -0.15) is 0 Å². The molecule has 96 valence electrons. The van der Waals surface area contributed by atoms with Crippen molar-refractivity contribution < 1.29 is 9.53 Å². The maximum atomic E-state index is 11.7. The van der Waals surface area contributed by atoms with Crippen LogP contribution in [0.5, 0.6) is 5.75 Å². The zero-order valence-electron chi connectivity index (χ0n) is 10.7. The molecule has 0 bridgehead atoms. The largest absolute Gasteiger partial charge is 0.426 e. The first-order valence-corrected chi connectivity index (χ1v) is 6.40. The molecule has 1 aromatic carbocycles. The fourth-order valence-electron chi connectivity index (χ4n) is 2.00. The molecule has 0 saturated heterocycles. The Morgan fingerprint density at radius 1 is 1.39 bits per heavy atom. The van der Waals surface area contributed by atoms with E-state index in [1.54, 1.807) is 0 Å². The Labute approximate surface area is 108 Å². The van der Waals surface area contributed by atoms with E-state index in [0.29, 0.717) is 12.2 Å². The molecule has 1 aliphatic rings. The minimum Gasteiger partial charge on any atom is -0.426 e. The fourth-order valence-corrected chi connectivity index (χ4v) is 2.00. The number of nitrogens with one attached hydrogen (secondary N) is 1. The molecule has 0 aromatic heterocycles. The molecule has 0 fully saturated rings. The molecule has 0 amide bonds. The molecule has 1 heterocycles.